The predicted molar refractivity (Wildman–Crippen MR) is 87.7 cm³/mol. The molecule has 0 aliphatic rings. The summed E-state index contributed by atoms with van der Waals surface area (Å²) in [5, 5.41) is 12.6. The first kappa shape index (κ1) is 15.8. The fourth-order valence-corrected chi connectivity index (χ4v) is 2.43. The van der Waals surface area contributed by atoms with Gasteiger partial charge in [0.2, 0.25) is 5.91 Å². The number of anilines is 1. The zero-order valence-corrected chi connectivity index (χ0v) is 13.8. The highest BCUT2D eigenvalue weighted by atomic mass is 79.9. The molecular weight excluding hydrogens is 375 g/mol. The van der Waals surface area contributed by atoms with Gasteiger partial charge in [-0.05, 0) is 35.9 Å². The van der Waals surface area contributed by atoms with Gasteiger partial charge in [0.05, 0.1) is 27.7 Å². The Hall–Kier alpha value is -1.54. The topological polar surface area (TPSA) is 52.9 Å². The molecule has 2 aromatic rings. The summed E-state index contributed by atoms with van der Waals surface area (Å²) in [5.74, 6) is -0.233. The van der Waals surface area contributed by atoms with Crippen molar-refractivity contribution in [3.8, 4) is 6.07 Å². The van der Waals surface area contributed by atoms with E-state index in [2.05, 4.69) is 21.2 Å². The van der Waals surface area contributed by atoms with E-state index >= 15 is 0 Å². The molecule has 0 aliphatic carbocycles. The highest BCUT2D eigenvalue weighted by molar-refractivity contribution is 9.10. The summed E-state index contributed by atoms with van der Waals surface area (Å²) in [7, 11) is 0. The molecule has 3 nitrogen and oxygen atoms in total. The molecule has 0 spiro atoms. The van der Waals surface area contributed by atoms with Gasteiger partial charge in [0, 0.05) is 4.47 Å². The van der Waals surface area contributed by atoms with Gasteiger partial charge in [-0.25, -0.2) is 0 Å². The average molecular weight is 384 g/mol. The van der Waals surface area contributed by atoms with Gasteiger partial charge >= 0.3 is 0 Å². The molecule has 0 aliphatic heterocycles. The van der Waals surface area contributed by atoms with Gasteiger partial charge in [-0.15, -0.1) is 0 Å². The Morgan fingerprint density at radius 1 is 1.19 bits per heavy atom. The van der Waals surface area contributed by atoms with Gasteiger partial charge in [-0.3, -0.25) is 4.79 Å². The average Bonchev–Trinajstić information content (AvgIpc) is 2.43. The molecule has 2 rings (SSSR count). The Morgan fingerprint density at radius 2 is 1.95 bits per heavy atom. The van der Waals surface area contributed by atoms with Gasteiger partial charge in [0.1, 0.15) is 6.07 Å². The van der Waals surface area contributed by atoms with E-state index in [1.165, 1.54) is 0 Å². The summed E-state index contributed by atoms with van der Waals surface area (Å²) in [4.78, 5) is 12.0. The highest BCUT2D eigenvalue weighted by Crippen LogP contribution is 2.24. The van der Waals surface area contributed by atoms with Gasteiger partial charge in [0.15, 0.2) is 0 Å². The largest absolute Gasteiger partial charge is 0.325 e. The number of benzene rings is 2. The van der Waals surface area contributed by atoms with Gasteiger partial charge in [0.25, 0.3) is 0 Å². The van der Waals surface area contributed by atoms with E-state index in [0.29, 0.717) is 21.3 Å². The predicted octanol–water partition coefficient (Wildman–Crippen LogP) is 4.81. The second-order valence-corrected chi connectivity index (χ2v) is 6.01. The van der Waals surface area contributed by atoms with Crippen LogP contribution >= 0.6 is 39.1 Å². The normalized spacial score (nSPS) is 10.0. The first-order valence-electron chi connectivity index (χ1n) is 5.93. The molecule has 1 N–H and O–H groups in total. The maximum Gasteiger partial charge on any atom is 0.228 e. The van der Waals surface area contributed by atoms with Crippen molar-refractivity contribution in [1.82, 2.24) is 0 Å². The van der Waals surface area contributed by atoms with Crippen molar-refractivity contribution >= 4 is 50.7 Å². The van der Waals surface area contributed by atoms with E-state index in [-0.39, 0.29) is 12.3 Å². The van der Waals surface area contributed by atoms with E-state index in [9.17, 15) is 4.79 Å². The van der Waals surface area contributed by atoms with E-state index < -0.39 is 0 Å². The van der Waals surface area contributed by atoms with Crippen LogP contribution in [0, 0.1) is 11.3 Å². The number of rotatable bonds is 3. The third kappa shape index (κ3) is 4.21. The summed E-state index contributed by atoms with van der Waals surface area (Å²) in [6.45, 7) is 0. The van der Waals surface area contributed by atoms with E-state index in [1.54, 1.807) is 36.4 Å². The Balaban J connectivity index is 2.13. The molecule has 0 unspecified atom stereocenters. The van der Waals surface area contributed by atoms with Crippen LogP contribution in [-0.4, -0.2) is 5.91 Å². The van der Waals surface area contributed by atoms with Crippen molar-refractivity contribution in [3.63, 3.8) is 0 Å². The fraction of sp³-hybridized carbons (Fsp3) is 0.0667. The third-order valence-corrected chi connectivity index (χ3v) is 3.96. The third-order valence-electron chi connectivity index (χ3n) is 2.72. The van der Waals surface area contributed by atoms with Crippen LogP contribution < -0.4 is 5.32 Å². The minimum absolute atomic E-state index is 0.147. The van der Waals surface area contributed by atoms with Crippen LogP contribution in [0.25, 0.3) is 0 Å². The summed E-state index contributed by atoms with van der Waals surface area (Å²) in [6, 6.07) is 12.1. The van der Waals surface area contributed by atoms with Crippen molar-refractivity contribution in [2.45, 2.75) is 6.42 Å². The summed E-state index contributed by atoms with van der Waals surface area (Å²) >= 11 is 15.1. The van der Waals surface area contributed by atoms with Gasteiger partial charge < -0.3 is 5.32 Å². The monoisotopic (exact) mass is 382 g/mol. The van der Waals surface area contributed by atoms with Gasteiger partial charge in [-0.1, -0.05) is 45.2 Å². The molecule has 0 aromatic heterocycles. The molecule has 1 amide bonds. The molecule has 0 heterocycles. The molecule has 0 atom stereocenters. The summed E-state index contributed by atoms with van der Waals surface area (Å²) in [6.07, 6.45) is 0.147. The standard InChI is InChI=1S/C15H9BrCl2N2O/c16-11-3-2-10(8-19)14(7-11)20-15(21)6-9-1-4-12(17)13(18)5-9/h1-5,7H,6H2,(H,20,21). The molecule has 2 aromatic carbocycles. The second-order valence-electron chi connectivity index (χ2n) is 4.28. The molecular formula is C15H9BrCl2N2O. The SMILES string of the molecule is N#Cc1ccc(Br)cc1NC(=O)Cc1ccc(Cl)c(Cl)c1. The summed E-state index contributed by atoms with van der Waals surface area (Å²) < 4.78 is 0.784. The summed E-state index contributed by atoms with van der Waals surface area (Å²) in [5.41, 5.74) is 1.62. The molecule has 0 saturated heterocycles. The highest BCUT2D eigenvalue weighted by Gasteiger charge is 2.09. The molecule has 106 valence electrons. The van der Waals surface area contributed by atoms with Gasteiger partial charge in [-0.2, -0.15) is 5.26 Å². The maximum atomic E-state index is 12.0. The number of halogens is 3. The van der Waals surface area contributed by atoms with Crippen LogP contribution in [0.2, 0.25) is 10.0 Å². The Kier molecular flexibility index (Phi) is 5.24. The van der Waals surface area contributed by atoms with Crippen molar-refractivity contribution in [3.05, 3.63) is 62.0 Å². The number of carbonyl (C=O) groups is 1. The quantitative estimate of drug-likeness (QED) is 0.826. The Morgan fingerprint density at radius 3 is 2.62 bits per heavy atom. The number of hydrogen-bond donors (Lipinski definition) is 1. The Bertz CT molecular complexity index is 741. The maximum absolute atomic E-state index is 12.0. The number of nitrogens with one attached hydrogen (secondary N) is 1. The van der Waals surface area contributed by atoms with Crippen LogP contribution in [0.4, 0.5) is 5.69 Å². The van der Waals surface area contributed by atoms with E-state index in [1.807, 2.05) is 6.07 Å². The van der Waals surface area contributed by atoms with Crippen molar-refractivity contribution in [2.75, 3.05) is 5.32 Å². The van der Waals surface area contributed by atoms with Crippen LogP contribution in [0.1, 0.15) is 11.1 Å². The lowest BCUT2D eigenvalue weighted by atomic mass is 10.1. The first-order chi connectivity index (χ1) is 9.99. The molecule has 6 heteroatoms. The Labute approximate surface area is 140 Å². The van der Waals surface area contributed by atoms with Crippen LogP contribution in [-0.2, 0) is 11.2 Å². The second kappa shape index (κ2) is 6.95. The smallest absolute Gasteiger partial charge is 0.228 e. The zero-order chi connectivity index (χ0) is 15.4. The number of carbonyl (C=O) groups excluding carboxylic acids is 1. The van der Waals surface area contributed by atoms with Crippen molar-refractivity contribution in [1.29, 1.82) is 5.26 Å². The van der Waals surface area contributed by atoms with Crippen LogP contribution in [0.15, 0.2) is 40.9 Å². The minimum Gasteiger partial charge on any atom is -0.325 e. The molecule has 0 bridgehead atoms. The lowest BCUT2D eigenvalue weighted by Gasteiger charge is -2.08. The minimum atomic E-state index is -0.233. The fourth-order valence-electron chi connectivity index (χ4n) is 1.75. The number of hydrogen-bond acceptors (Lipinski definition) is 2. The number of nitrogens with zero attached hydrogens (tertiary/aromatic N) is 1. The lowest BCUT2D eigenvalue weighted by molar-refractivity contribution is -0.115. The van der Waals surface area contributed by atoms with Crippen molar-refractivity contribution in [2.24, 2.45) is 0 Å². The zero-order valence-electron chi connectivity index (χ0n) is 10.7. The molecule has 0 saturated carbocycles. The van der Waals surface area contributed by atoms with E-state index in [4.69, 9.17) is 28.5 Å². The van der Waals surface area contributed by atoms with Crippen molar-refractivity contribution < 1.29 is 4.79 Å². The van der Waals surface area contributed by atoms with E-state index in [0.717, 1.165) is 10.0 Å². The number of nitriles is 1. The first-order valence-corrected chi connectivity index (χ1v) is 7.48. The van der Waals surface area contributed by atoms with Crippen LogP contribution in [0.5, 0.6) is 0 Å². The van der Waals surface area contributed by atoms with Crippen LogP contribution in [0.3, 0.4) is 0 Å². The lowest BCUT2D eigenvalue weighted by Crippen LogP contribution is -2.15. The molecule has 0 fully saturated rings. The molecule has 0 radical (unpaired) electrons. The molecule has 21 heavy (non-hydrogen) atoms. The number of amides is 1.